The summed E-state index contributed by atoms with van der Waals surface area (Å²) < 4.78 is 60.7. The Balaban J connectivity index is 2.64. The van der Waals surface area contributed by atoms with E-state index in [1.54, 1.807) is 18.2 Å². The second kappa shape index (κ2) is 5.35. The molecule has 0 bridgehead atoms. The lowest BCUT2D eigenvalue weighted by atomic mass is 10.0. The minimum absolute atomic E-state index is 0.182. The predicted octanol–water partition coefficient (Wildman–Crippen LogP) is 4.61. The fourth-order valence-electron chi connectivity index (χ4n) is 1.84. The predicted molar refractivity (Wildman–Crippen MR) is 74.9 cm³/mol. The molecule has 0 aliphatic carbocycles. The van der Waals surface area contributed by atoms with Crippen LogP contribution in [0.25, 0.3) is 11.1 Å². The first-order valence-electron chi connectivity index (χ1n) is 5.81. The molecule has 0 saturated carbocycles. The molecule has 0 spiro atoms. The van der Waals surface area contributed by atoms with Gasteiger partial charge in [-0.2, -0.15) is 13.2 Å². The first-order valence-corrected chi connectivity index (χ1v) is 7.67. The fourth-order valence-corrected chi connectivity index (χ4v) is 2.85. The molecule has 0 N–H and O–H groups in total. The van der Waals surface area contributed by atoms with Crippen molar-refractivity contribution in [2.24, 2.45) is 0 Å². The van der Waals surface area contributed by atoms with E-state index < -0.39 is 20.2 Å². The summed E-state index contributed by atoms with van der Waals surface area (Å²) in [5.41, 5.74) is -3.66. The number of hydrogen-bond donors (Lipinski definition) is 0. The number of rotatable bonds is 2. The zero-order chi connectivity index (χ0) is 15.8. The van der Waals surface area contributed by atoms with Crippen LogP contribution in [-0.2, 0) is 9.84 Å². The smallest absolute Gasteiger partial charge is 0.214 e. The van der Waals surface area contributed by atoms with Crippen molar-refractivity contribution in [2.45, 2.75) is 17.3 Å². The lowest BCUT2D eigenvalue weighted by Gasteiger charge is -2.11. The van der Waals surface area contributed by atoms with Crippen LogP contribution in [-0.4, -0.2) is 13.9 Å². The zero-order valence-corrected chi connectivity index (χ0v) is 12.4. The molecule has 0 unspecified atom stereocenters. The van der Waals surface area contributed by atoms with E-state index >= 15 is 0 Å². The molecule has 2 aromatic rings. The molecule has 0 heterocycles. The van der Waals surface area contributed by atoms with E-state index in [0.29, 0.717) is 5.56 Å². The van der Waals surface area contributed by atoms with E-state index in [-0.39, 0.29) is 10.6 Å². The van der Waals surface area contributed by atoms with E-state index in [1.165, 1.54) is 0 Å². The largest absolute Gasteiger partial charge is 0.501 e. The van der Waals surface area contributed by atoms with Crippen LogP contribution < -0.4 is 0 Å². The van der Waals surface area contributed by atoms with Gasteiger partial charge in [0, 0.05) is 10.6 Å². The van der Waals surface area contributed by atoms with Crippen molar-refractivity contribution < 1.29 is 21.6 Å². The van der Waals surface area contributed by atoms with Crippen LogP contribution in [0.15, 0.2) is 47.4 Å². The molecule has 0 aliphatic heterocycles. The Morgan fingerprint density at radius 3 is 2.29 bits per heavy atom. The van der Waals surface area contributed by atoms with Crippen LogP contribution >= 0.6 is 11.6 Å². The van der Waals surface area contributed by atoms with Gasteiger partial charge in [0.15, 0.2) is 0 Å². The van der Waals surface area contributed by atoms with Crippen molar-refractivity contribution in [3.8, 4) is 11.1 Å². The molecular formula is C14H10ClF3O2S. The summed E-state index contributed by atoms with van der Waals surface area (Å²) >= 11 is 5.97. The summed E-state index contributed by atoms with van der Waals surface area (Å²) in [6.45, 7) is 1.81. The molecule has 0 aromatic heterocycles. The average molecular weight is 335 g/mol. The maximum Gasteiger partial charge on any atom is 0.501 e. The molecule has 0 aliphatic rings. The SMILES string of the molecule is Cc1cccc(-c2cc(S(=O)(=O)C(F)(F)F)ccc2Cl)c1. The highest BCUT2D eigenvalue weighted by Gasteiger charge is 2.47. The zero-order valence-electron chi connectivity index (χ0n) is 10.8. The summed E-state index contributed by atoms with van der Waals surface area (Å²) in [5.74, 6) is 0. The lowest BCUT2D eigenvalue weighted by molar-refractivity contribution is -0.0435. The number of halogens is 4. The van der Waals surface area contributed by atoms with E-state index in [2.05, 4.69) is 0 Å². The van der Waals surface area contributed by atoms with E-state index in [1.807, 2.05) is 13.0 Å². The number of hydrogen-bond acceptors (Lipinski definition) is 2. The van der Waals surface area contributed by atoms with Gasteiger partial charge in [-0.25, -0.2) is 8.42 Å². The maximum atomic E-state index is 12.6. The molecule has 0 radical (unpaired) electrons. The molecule has 0 fully saturated rings. The average Bonchev–Trinajstić information content (AvgIpc) is 2.37. The molecule has 0 atom stereocenters. The highest BCUT2D eigenvalue weighted by Crippen LogP contribution is 2.35. The van der Waals surface area contributed by atoms with Crippen molar-refractivity contribution in [1.82, 2.24) is 0 Å². The van der Waals surface area contributed by atoms with Crippen molar-refractivity contribution in [2.75, 3.05) is 0 Å². The number of benzene rings is 2. The van der Waals surface area contributed by atoms with Gasteiger partial charge < -0.3 is 0 Å². The van der Waals surface area contributed by atoms with Crippen molar-refractivity contribution in [3.05, 3.63) is 53.1 Å². The Labute approximate surface area is 125 Å². The molecule has 2 nitrogen and oxygen atoms in total. The Kier molecular flexibility index (Phi) is 4.04. The third kappa shape index (κ3) is 3.06. The van der Waals surface area contributed by atoms with Gasteiger partial charge >= 0.3 is 5.51 Å². The quantitative estimate of drug-likeness (QED) is 0.803. The van der Waals surface area contributed by atoms with E-state index in [4.69, 9.17) is 11.6 Å². The minimum atomic E-state index is -5.39. The van der Waals surface area contributed by atoms with Gasteiger partial charge in [0.05, 0.1) is 4.90 Å². The fraction of sp³-hybridized carbons (Fsp3) is 0.143. The standard InChI is InChI=1S/C14H10ClF3O2S/c1-9-3-2-4-10(7-9)12-8-11(5-6-13(12)15)21(19,20)14(16,17)18/h2-8H,1H3. The van der Waals surface area contributed by atoms with Crippen LogP contribution in [0.1, 0.15) is 5.56 Å². The first-order chi connectivity index (χ1) is 9.63. The summed E-state index contributed by atoms with van der Waals surface area (Å²) in [6, 6.07) is 9.84. The lowest BCUT2D eigenvalue weighted by Crippen LogP contribution is -2.23. The summed E-state index contributed by atoms with van der Waals surface area (Å²) in [4.78, 5) is -0.823. The molecule has 7 heteroatoms. The van der Waals surface area contributed by atoms with Gasteiger partial charge in [-0.1, -0.05) is 41.4 Å². The molecule has 0 amide bonds. The van der Waals surface area contributed by atoms with Crippen LogP contribution in [0.4, 0.5) is 13.2 Å². The summed E-state index contributed by atoms with van der Waals surface area (Å²) in [5, 5.41) is 0.182. The second-order valence-corrected chi connectivity index (χ2v) is 6.81. The third-order valence-electron chi connectivity index (χ3n) is 2.88. The molecule has 2 rings (SSSR count). The second-order valence-electron chi connectivity index (χ2n) is 4.46. The van der Waals surface area contributed by atoms with Crippen LogP contribution in [0.5, 0.6) is 0 Å². The van der Waals surface area contributed by atoms with E-state index in [9.17, 15) is 21.6 Å². The highest BCUT2D eigenvalue weighted by molar-refractivity contribution is 7.92. The number of sulfone groups is 1. The molecular weight excluding hydrogens is 325 g/mol. The Morgan fingerprint density at radius 1 is 1.05 bits per heavy atom. The Bertz CT molecular complexity index is 783. The van der Waals surface area contributed by atoms with Gasteiger partial charge in [-0.15, -0.1) is 0 Å². The Hall–Kier alpha value is -1.53. The first kappa shape index (κ1) is 15.9. The van der Waals surface area contributed by atoms with Crippen LogP contribution in [0.2, 0.25) is 5.02 Å². The maximum absolute atomic E-state index is 12.6. The minimum Gasteiger partial charge on any atom is -0.214 e. The monoisotopic (exact) mass is 334 g/mol. The molecule has 21 heavy (non-hydrogen) atoms. The highest BCUT2D eigenvalue weighted by atomic mass is 35.5. The summed E-state index contributed by atoms with van der Waals surface area (Å²) in [7, 11) is -5.39. The van der Waals surface area contributed by atoms with Crippen molar-refractivity contribution in [1.29, 1.82) is 0 Å². The molecule has 112 valence electrons. The van der Waals surface area contributed by atoms with Crippen molar-refractivity contribution in [3.63, 3.8) is 0 Å². The molecule has 2 aromatic carbocycles. The topological polar surface area (TPSA) is 34.1 Å². The summed E-state index contributed by atoms with van der Waals surface area (Å²) in [6.07, 6.45) is 0. The van der Waals surface area contributed by atoms with Crippen molar-refractivity contribution >= 4 is 21.4 Å². The van der Waals surface area contributed by atoms with Gasteiger partial charge in [0.2, 0.25) is 0 Å². The van der Waals surface area contributed by atoms with Gasteiger partial charge in [0.1, 0.15) is 0 Å². The number of alkyl halides is 3. The van der Waals surface area contributed by atoms with Gasteiger partial charge in [-0.3, -0.25) is 0 Å². The van der Waals surface area contributed by atoms with Gasteiger partial charge in [0.25, 0.3) is 9.84 Å². The normalized spacial score (nSPS) is 12.4. The number of aryl methyl sites for hydroxylation is 1. The molecule has 0 saturated heterocycles. The Morgan fingerprint density at radius 2 is 1.71 bits per heavy atom. The van der Waals surface area contributed by atoms with E-state index in [0.717, 1.165) is 23.8 Å². The van der Waals surface area contributed by atoms with Crippen LogP contribution in [0, 0.1) is 6.92 Å². The van der Waals surface area contributed by atoms with Crippen LogP contribution in [0.3, 0.4) is 0 Å². The van der Waals surface area contributed by atoms with Gasteiger partial charge in [-0.05, 0) is 30.7 Å². The third-order valence-corrected chi connectivity index (χ3v) is 4.70.